The predicted octanol–water partition coefficient (Wildman–Crippen LogP) is 3.34. The van der Waals surface area contributed by atoms with Gasteiger partial charge in [-0.3, -0.25) is 4.79 Å². The molecule has 7 atom stereocenters. The number of halogens is 1. The molecule has 3 saturated carbocycles. The van der Waals surface area contributed by atoms with E-state index in [1.165, 1.54) is 25.7 Å². The van der Waals surface area contributed by atoms with Crippen molar-refractivity contribution in [1.29, 1.82) is 0 Å². The Labute approximate surface area is 180 Å². The number of rotatable bonds is 6. The molecule has 4 aliphatic rings. The van der Waals surface area contributed by atoms with Crippen molar-refractivity contribution in [2.24, 2.45) is 23.7 Å². The fraction of sp³-hybridized carbons (Fsp3) is 0.958. The molecule has 0 aromatic carbocycles. The lowest BCUT2D eigenvalue weighted by atomic mass is 9.71. The first kappa shape index (κ1) is 22.5. The van der Waals surface area contributed by atoms with Crippen LogP contribution in [0.4, 0.5) is 4.39 Å². The number of fused-ring (bicyclic) bond motifs is 1. The Balaban J connectivity index is 1.24. The molecule has 3 N–H and O–H groups in total. The van der Waals surface area contributed by atoms with Gasteiger partial charge in [-0.1, -0.05) is 19.8 Å². The van der Waals surface area contributed by atoms with E-state index in [9.17, 15) is 9.18 Å². The number of nitrogens with one attached hydrogen (secondary N) is 2. The van der Waals surface area contributed by atoms with Gasteiger partial charge in [-0.15, -0.1) is 0 Å². The quantitative estimate of drug-likeness (QED) is 0.612. The van der Waals surface area contributed by atoms with E-state index in [1.807, 2.05) is 0 Å². The standard InChI is InChI=1S/C24H41FN2O3/c1-15-5-10-21(25)20-14-22(27-23(15)20)24(29)26-18-4-2-3-17(13-18)16-6-8-19(9-7-16)30-12-11-28/h15-23,27-28H,2-14H2,1H3,(H,26,29). The van der Waals surface area contributed by atoms with Gasteiger partial charge in [-0.05, 0) is 75.5 Å². The molecular weight excluding hydrogens is 383 g/mol. The number of carbonyl (C=O) groups excluding carboxylic acids is 1. The number of ether oxygens (including phenoxy) is 1. The molecule has 0 radical (unpaired) electrons. The first-order valence-corrected chi connectivity index (χ1v) is 12.5. The fourth-order valence-electron chi connectivity index (χ4n) is 6.83. The third-order valence-electron chi connectivity index (χ3n) is 8.55. The highest BCUT2D eigenvalue weighted by Crippen LogP contribution is 2.40. The molecule has 6 heteroatoms. The first-order chi connectivity index (χ1) is 14.5. The Morgan fingerprint density at radius 3 is 2.60 bits per heavy atom. The van der Waals surface area contributed by atoms with Gasteiger partial charge in [0.1, 0.15) is 6.17 Å². The maximum absolute atomic E-state index is 14.4. The molecule has 4 fully saturated rings. The Morgan fingerprint density at radius 1 is 1.07 bits per heavy atom. The highest BCUT2D eigenvalue weighted by molar-refractivity contribution is 5.82. The van der Waals surface area contributed by atoms with Gasteiger partial charge < -0.3 is 20.5 Å². The molecule has 1 saturated heterocycles. The van der Waals surface area contributed by atoms with E-state index in [1.54, 1.807) is 0 Å². The van der Waals surface area contributed by atoms with Gasteiger partial charge in [0.05, 0.1) is 25.4 Å². The number of alkyl halides is 1. The number of hydrogen-bond acceptors (Lipinski definition) is 4. The predicted molar refractivity (Wildman–Crippen MR) is 115 cm³/mol. The van der Waals surface area contributed by atoms with Crippen LogP contribution in [0.15, 0.2) is 0 Å². The van der Waals surface area contributed by atoms with Gasteiger partial charge in [-0.25, -0.2) is 4.39 Å². The van der Waals surface area contributed by atoms with Gasteiger partial charge in [0.25, 0.3) is 0 Å². The maximum atomic E-state index is 14.4. The number of hydrogen-bond donors (Lipinski definition) is 3. The van der Waals surface area contributed by atoms with E-state index in [0.29, 0.717) is 37.4 Å². The molecule has 1 heterocycles. The van der Waals surface area contributed by atoms with Crippen LogP contribution in [0.1, 0.15) is 77.6 Å². The van der Waals surface area contributed by atoms with Crippen LogP contribution < -0.4 is 10.6 Å². The Kier molecular flexibility index (Phi) is 7.69. The minimum absolute atomic E-state index is 0.00633. The Hall–Kier alpha value is -0.720. The minimum Gasteiger partial charge on any atom is -0.394 e. The van der Waals surface area contributed by atoms with Crippen LogP contribution in [0.2, 0.25) is 0 Å². The summed E-state index contributed by atoms with van der Waals surface area (Å²) in [7, 11) is 0. The van der Waals surface area contributed by atoms with Crippen LogP contribution in [0.3, 0.4) is 0 Å². The van der Waals surface area contributed by atoms with Crippen LogP contribution in [0, 0.1) is 23.7 Å². The van der Waals surface area contributed by atoms with Crippen molar-refractivity contribution in [3.63, 3.8) is 0 Å². The van der Waals surface area contributed by atoms with Crippen LogP contribution >= 0.6 is 0 Å². The van der Waals surface area contributed by atoms with E-state index < -0.39 is 6.17 Å². The molecule has 7 unspecified atom stereocenters. The van der Waals surface area contributed by atoms with Gasteiger partial charge >= 0.3 is 0 Å². The molecule has 30 heavy (non-hydrogen) atoms. The van der Waals surface area contributed by atoms with E-state index >= 15 is 0 Å². The molecule has 1 amide bonds. The summed E-state index contributed by atoms with van der Waals surface area (Å²) in [6, 6.07) is 0.202. The maximum Gasteiger partial charge on any atom is 0.237 e. The van der Waals surface area contributed by atoms with Crippen molar-refractivity contribution >= 4 is 5.91 Å². The summed E-state index contributed by atoms with van der Waals surface area (Å²) in [6.07, 6.45) is 11.0. The van der Waals surface area contributed by atoms with Gasteiger partial charge in [-0.2, -0.15) is 0 Å². The zero-order chi connectivity index (χ0) is 21.1. The Bertz CT molecular complexity index is 551. The van der Waals surface area contributed by atoms with Crippen LogP contribution in [-0.4, -0.2) is 54.6 Å². The number of amides is 1. The molecule has 0 aromatic heterocycles. The summed E-state index contributed by atoms with van der Waals surface area (Å²) in [5, 5.41) is 15.7. The Morgan fingerprint density at radius 2 is 1.87 bits per heavy atom. The zero-order valence-electron chi connectivity index (χ0n) is 18.5. The summed E-state index contributed by atoms with van der Waals surface area (Å²) in [5.41, 5.74) is 0. The molecule has 0 bridgehead atoms. The largest absolute Gasteiger partial charge is 0.394 e. The van der Waals surface area contributed by atoms with Crippen LogP contribution in [-0.2, 0) is 9.53 Å². The minimum atomic E-state index is -0.757. The van der Waals surface area contributed by atoms with Crippen LogP contribution in [0.5, 0.6) is 0 Å². The smallest absolute Gasteiger partial charge is 0.237 e. The fourth-order valence-corrected chi connectivity index (χ4v) is 6.83. The highest BCUT2D eigenvalue weighted by Gasteiger charge is 2.46. The van der Waals surface area contributed by atoms with Gasteiger partial charge in [0, 0.05) is 18.0 Å². The van der Waals surface area contributed by atoms with Crippen LogP contribution in [0.25, 0.3) is 0 Å². The summed E-state index contributed by atoms with van der Waals surface area (Å²) >= 11 is 0. The second-order valence-electron chi connectivity index (χ2n) is 10.5. The molecular formula is C24H41FN2O3. The topological polar surface area (TPSA) is 70.6 Å². The van der Waals surface area contributed by atoms with Gasteiger partial charge in [0.2, 0.25) is 5.91 Å². The zero-order valence-corrected chi connectivity index (χ0v) is 18.5. The van der Waals surface area contributed by atoms with Crippen molar-refractivity contribution in [3.05, 3.63) is 0 Å². The number of carbonyl (C=O) groups is 1. The van der Waals surface area contributed by atoms with E-state index in [-0.39, 0.29) is 36.6 Å². The molecule has 5 nitrogen and oxygen atoms in total. The molecule has 1 aliphatic heterocycles. The SMILES string of the molecule is CC1CCC(F)C2CC(C(=O)NC3CCCC(C4CCC(OCCO)CC4)C3)NC12. The summed E-state index contributed by atoms with van der Waals surface area (Å²) in [5.74, 6) is 1.98. The summed E-state index contributed by atoms with van der Waals surface area (Å²) in [6.45, 7) is 2.74. The third kappa shape index (κ3) is 5.18. The second-order valence-corrected chi connectivity index (χ2v) is 10.5. The van der Waals surface area contributed by atoms with E-state index in [2.05, 4.69) is 17.6 Å². The second kappa shape index (κ2) is 10.3. The molecule has 0 aromatic rings. The van der Waals surface area contributed by atoms with Crippen molar-refractivity contribution in [2.45, 2.75) is 108 Å². The van der Waals surface area contributed by atoms with E-state index in [4.69, 9.17) is 9.84 Å². The summed E-state index contributed by atoms with van der Waals surface area (Å²) < 4.78 is 20.1. The number of aliphatic hydroxyl groups is 1. The molecule has 3 aliphatic carbocycles. The molecule has 0 spiro atoms. The van der Waals surface area contributed by atoms with E-state index in [0.717, 1.165) is 38.0 Å². The third-order valence-corrected chi connectivity index (χ3v) is 8.55. The van der Waals surface area contributed by atoms with Crippen molar-refractivity contribution in [3.8, 4) is 0 Å². The highest BCUT2D eigenvalue weighted by atomic mass is 19.1. The normalized spacial score (nSPS) is 44.4. The monoisotopic (exact) mass is 424 g/mol. The number of aliphatic hydroxyl groups excluding tert-OH is 1. The molecule has 4 rings (SSSR count). The lowest BCUT2D eigenvalue weighted by Crippen LogP contribution is -2.49. The average molecular weight is 425 g/mol. The average Bonchev–Trinajstić information content (AvgIpc) is 3.23. The van der Waals surface area contributed by atoms with Crippen molar-refractivity contribution in [1.82, 2.24) is 10.6 Å². The van der Waals surface area contributed by atoms with Crippen molar-refractivity contribution in [2.75, 3.05) is 13.2 Å². The summed E-state index contributed by atoms with van der Waals surface area (Å²) in [4.78, 5) is 13.0. The lowest BCUT2D eigenvalue weighted by molar-refractivity contribution is -0.124. The first-order valence-electron chi connectivity index (χ1n) is 12.5. The van der Waals surface area contributed by atoms with Crippen molar-refractivity contribution < 1.29 is 19.0 Å². The van der Waals surface area contributed by atoms with Gasteiger partial charge in [0.15, 0.2) is 0 Å². The lowest BCUT2D eigenvalue weighted by Gasteiger charge is -2.38. The molecule has 172 valence electrons.